The van der Waals surface area contributed by atoms with E-state index in [0.29, 0.717) is 11.1 Å². The van der Waals surface area contributed by atoms with Crippen LogP contribution >= 0.6 is 0 Å². The molecular formula is C13H21N5. The van der Waals surface area contributed by atoms with Crippen molar-refractivity contribution in [1.82, 2.24) is 9.97 Å². The summed E-state index contributed by atoms with van der Waals surface area (Å²) in [5.41, 5.74) is 6.24. The van der Waals surface area contributed by atoms with E-state index in [1.54, 1.807) is 12.4 Å². The van der Waals surface area contributed by atoms with Crippen LogP contribution in [0.1, 0.15) is 38.8 Å². The van der Waals surface area contributed by atoms with Crippen LogP contribution in [0.5, 0.6) is 0 Å². The molecule has 1 saturated heterocycles. The molecule has 0 radical (unpaired) electrons. The molecule has 1 aliphatic heterocycles. The van der Waals surface area contributed by atoms with Gasteiger partial charge in [-0.3, -0.25) is 5.41 Å². The van der Waals surface area contributed by atoms with Gasteiger partial charge in [0.1, 0.15) is 17.3 Å². The van der Waals surface area contributed by atoms with Gasteiger partial charge in [-0.15, -0.1) is 0 Å². The first-order valence-corrected chi connectivity index (χ1v) is 6.51. The third-order valence-electron chi connectivity index (χ3n) is 4.18. The van der Waals surface area contributed by atoms with Crippen LogP contribution in [-0.2, 0) is 0 Å². The summed E-state index contributed by atoms with van der Waals surface area (Å²) in [5.74, 6) is 0.857. The minimum atomic E-state index is -0.0352. The first-order chi connectivity index (χ1) is 8.60. The van der Waals surface area contributed by atoms with Gasteiger partial charge in [0.15, 0.2) is 0 Å². The molecule has 98 valence electrons. The number of amidine groups is 1. The summed E-state index contributed by atoms with van der Waals surface area (Å²) >= 11 is 0. The SMILES string of the molecule is CCC1(CC)CCN(c2cnc(C(=N)N)cn2)C1. The molecule has 0 aromatic carbocycles. The van der Waals surface area contributed by atoms with E-state index in [0.717, 1.165) is 18.9 Å². The Morgan fingerprint density at radius 3 is 2.56 bits per heavy atom. The Hall–Kier alpha value is -1.65. The monoisotopic (exact) mass is 247 g/mol. The third kappa shape index (κ3) is 2.30. The smallest absolute Gasteiger partial charge is 0.147 e. The minimum absolute atomic E-state index is 0.0352. The zero-order valence-corrected chi connectivity index (χ0v) is 11.1. The highest BCUT2D eigenvalue weighted by molar-refractivity contribution is 5.92. The van der Waals surface area contributed by atoms with Crippen LogP contribution in [-0.4, -0.2) is 28.9 Å². The summed E-state index contributed by atoms with van der Waals surface area (Å²) in [6.45, 7) is 6.61. The van der Waals surface area contributed by atoms with Gasteiger partial charge in [0.05, 0.1) is 12.4 Å². The van der Waals surface area contributed by atoms with Crippen LogP contribution < -0.4 is 10.6 Å². The molecule has 0 aliphatic carbocycles. The van der Waals surface area contributed by atoms with Crippen molar-refractivity contribution < 1.29 is 0 Å². The van der Waals surface area contributed by atoms with Crippen LogP contribution in [0.4, 0.5) is 5.82 Å². The van der Waals surface area contributed by atoms with E-state index in [-0.39, 0.29) is 5.84 Å². The molecular weight excluding hydrogens is 226 g/mol. The van der Waals surface area contributed by atoms with Crippen molar-refractivity contribution in [2.75, 3.05) is 18.0 Å². The molecule has 0 unspecified atom stereocenters. The lowest BCUT2D eigenvalue weighted by atomic mass is 9.82. The molecule has 1 aromatic rings. The van der Waals surface area contributed by atoms with Crippen LogP contribution in [0.2, 0.25) is 0 Å². The first-order valence-electron chi connectivity index (χ1n) is 6.51. The average molecular weight is 247 g/mol. The molecule has 18 heavy (non-hydrogen) atoms. The highest BCUT2D eigenvalue weighted by atomic mass is 15.2. The van der Waals surface area contributed by atoms with Crippen molar-refractivity contribution >= 4 is 11.7 Å². The molecule has 2 heterocycles. The number of nitrogen functional groups attached to an aromatic ring is 1. The van der Waals surface area contributed by atoms with Gasteiger partial charge in [0, 0.05) is 13.1 Å². The van der Waals surface area contributed by atoms with E-state index in [4.69, 9.17) is 11.1 Å². The molecule has 0 amide bonds. The Labute approximate surface area is 108 Å². The molecule has 0 spiro atoms. The Bertz CT molecular complexity index is 422. The van der Waals surface area contributed by atoms with Gasteiger partial charge in [0.2, 0.25) is 0 Å². The molecule has 1 aliphatic rings. The second kappa shape index (κ2) is 4.92. The van der Waals surface area contributed by atoms with E-state index >= 15 is 0 Å². The van der Waals surface area contributed by atoms with Gasteiger partial charge in [-0.25, -0.2) is 9.97 Å². The number of nitrogens with two attached hydrogens (primary N) is 1. The summed E-state index contributed by atoms with van der Waals surface area (Å²) in [6.07, 6.45) is 6.93. The first kappa shape index (κ1) is 12.8. The Balaban J connectivity index is 2.12. The topological polar surface area (TPSA) is 78.9 Å². The molecule has 5 nitrogen and oxygen atoms in total. The van der Waals surface area contributed by atoms with Crippen molar-refractivity contribution in [3.8, 4) is 0 Å². The predicted octanol–water partition coefficient (Wildman–Crippen LogP) is 1.78. The maximum absolute atomic E-state index is 7.30. The second-order valence-electron chi connectivity index (χ2n) is 5.05. The van der Waals surface area contributed by atoms with Crippen molar-refractivity contribution in [3.63, 3.8) is 0 Å². The molecule has 0 saturated carbocycles. The Morgan fingerprint density at radius 2 is 2.11 bits per heavy atom. The van der Waals surface area contributed by atoms with E-state index in [1.807, 2.05) is 0 Å². The molecule has 0 atom stereocenters. The molecule has 1 fully saturated rings. The van der Waals surface area contributed by atoms with Crippen LogP contribution in [0, 0.1) is 10.8 Å². The second-order valence-corrected chi connectivity index (χ2v) is 5.05. The number of nitrogens with one attached hydrogen (secondary N) is 1. The van der Waals surface area contributed by atoms with Crippen LogP contribution in [0.15, 0.2) is 12.4 Å². The molecule has 2 rings (SSSR count). The highest BCUT2D eigenvalue weighted by Crippen LogP contribution is 2.38. The summed E-state index contributed by atoms with van der Waals surface area (Å²) in [7, 11) is 0. The molecule has 3 N–H and O–H groups in total. The predicted molar refractivity (Wildman–Crippen MR) is 72.9 cm³/mol. The number of nitrogens with zero attached hydrogens (tertiary/aromatic N) is 3. The van der Waals surface area contributed by atoms with Gasteiger partial charge in [-0.1, -0.05) is 13.8 Å². The number of rotatable bonds is 4. The lowest BCUT2D eigenvalue weighted by Gasteiger charge is -2.26. The lowest BCUT2D eigenvalue weighted by molar-refractivity contribution is 0.301. The highest BCUT2D eigenvalue weighted by Gasteiger charge is 2.35. The summed E-state index contributed by atoms with van der Waals surface area (Å²) in [6, 6.07) is 0. The van der Waals surface area contributed by atoms with Crippen LogP contribution in [0.25, 0.3) is 0 Å². The van der Waals surface area contributed by atoms with E-state index in [1.165, 1.54) is 19.3 Å². The number of hydrogen-bond acceptors (Lipinski definition) is 4. The maximum Gasteiger partial charge on any atom is 0.147 e. The van der Waals surface area contributed by atoms with Gasteiger partial charge in [-0.05, 0) is 24.7 Å². The molecule has 1 aromatic heterocycles. The van der Waals surface area contributed by atoms with Gasteiger partial charge >= 0.3 is 0 Å². The standard InChI is InChI=1S/C13H21N5/c1-3-13(4-2)5-6-18(9-13)11-8-16-10(7-17-11)12(14)15/h7-8H,3-6,9H2,1-2H3,(H3,14,15). The fraction of sp³-hybridized carbons (Fsp3) is 0.615. The Kier molecular flexibility index (Phi) is 3.50. The number of aromatic nitrogens is 2. The average Bonchev–Trinajstić information content (AvgIpc) is 2.84. The van der Waals surface area contributed by atoms with Crippen molar-refractivity contribution in [1.29, 1.82) is 5.41 Å². The van der Waals surface area contributed by atoms with Gasteiger partial charge in [0.25, 0.3) is 0 Å². The van der Waals surface area contributed by atoms with E-state index in [9.17, 15) is 0 Å². The Morgan fingerprint density at radius 1 is 1.39 bits per heavy atom. The fourth-order valence-electron chi connectivity index (χ4n) is 2.58. The van der Waals surface area contributed by atoms with Gasteiger partial charge < -0.3 is 10.6 Å². The minimum Gasteiger partial charge on any atom is -0.382 e. The van der Waals surface area contributed by atoms with E-state index < -0.39 is 0 Å². The molecule has 0 bridgehead atoms. The largest absolute Gasteiger partial charge is 0.382 e. The third-order valence-corrected chi connectivity index (χ3v) is 4.18. The quantitative estimate of drug-likeness (QED) is 0.628. The fourth-order valence-corrected chi connectivity index (χ4v) is 2.58. The van der Waals surface area contributed by atoms with Gasteiger partial charge in [-0.2, -0.15) is 0 Å². The van der Waals surface area contributed by atoms with Crippen molar-refractivity contribution in [2.24, 2.45) is 11.1 Å². The summed E-state index contributed by atoms with van der Waals surface area (Å²) in [4.78, 5) is 10.8. The van der Waals surface area contributed by atoms with Crippen LogP contribution in [0.3, 0.4) is 0 Å². The lowest BCUT2D eigenvalue weighted by Crippen LogP contribution is -2.27. The summed E-state index contributed by atoms with van der Waals surface area (Å²) < 4.78 is 0. The van der Waals surface area contributed by atoms with E-state index in [2.05, 4.69) is 28.7 Å². The normalized spacial score (nSPS) is 18.0. The molecule has 5 heteroatoms. The van der Waals surface area contributed by atoms with Crippen molar-refractivity contribution in [3.05, 3.63) is 18.1 Å². The maximum atomic E-state index is 7.30. The van der Waals surface area contributed by atoms with Crippen molar-refractivity contribution in [2.45, 2.75) is 33.1 Å². The zero-order chi connectivity index (χ0) is 13.2. The zero-order valence-electron chi connectivity index (χ0n) is 11.1. The number of anilines is 1. The summed E-state index contributed by atoms with van der Waals surface area (Å²) in [5, 5.41) is 7.30. The number of hydrogen-bond donors (Lipinski definition) is 2.